The van der Waals surface area contributed by atoms with Crippen LogP contribution in [0.2, 0.25) is 0 Å². The van der Waals surface area contributed by atoms with E-state index < -0.39 is 0 Å². The number of ketones is 2. The van der Waals surface area contributed by atoms with Gasteiger partial charge in [-0.25, -0.2) is 0 Å². The Kier molecular flexibility index (Phi) is 10.2. The SMILES string of the molecule is CC1=C/C(=C(/NCCCCN/C(=C2/C=C(C)C=CC2=O)c2ccccc2)c2ccccc2)C(=O)C=C1.[Ni]. The van der Waals surface area contributed by atoms with Gasteiger partial charge in [-0.05, 0) is 62.1 Å². The molecular weight excluding hydrogens is 503 g/mol. The summed E-state index contributed by atoms with van der Waals surface area (Å²) in [6.45, 7) is 5.47. The van der Waals surface area contributed by atoms with E-state index in [9.17, 15) is 9.59 Å². The molecule has 0 atom stereocenters. The Morgan fingerprint density at radius 2 is 0.973 bits per heavy atom. The maximum Gasteiger partial charge on any atom is 0.187 e. The Morgan fingerprint density at radius 1 is 0.595 bits per heavy atom. The molecule has 5 heteroatoms. The first kappa shape index (κ1) is 27.9. The second-order valence-corrected chi connectivity index (χ2v) is 9.04. The second kappa shape index (κ2) is 13.6. The Balaban J connectivity index is 0.00000380. The first-order valence-corrected chi connectivity index (χ1v) is 12.4. The van der Waals surface area contributed by atoms with Crippen LogP contribution in [0.5, 0.6) is 0 Å². The molecule has 2 aliphatic carbocycles. The van der Waals surface area contributed by atoms with Crippen molar-refractivity contribution in [3.05, 3.63) is 131 Å². The van der Waals surface area contributed by atoms with Gasteiger partial charge >= 0.3 is 0 Å². The molecule has 4 nitrogen and oxygen atoms in total. The third-order valence-corrected chi connectivity index (χ3v) is 6.14. The van der Waals surface area contributed by atoms with E-state index >= 15 is 0 Å². The normalized spacial score (nSPS) is 17.5. The predicted molar refractivity (Wildman–Crippen MR) is 148 cm³/mol. The number of benzene rings is 2. The fourth-order valence-electron chi connectivity index (χ4n) is 4.27. The van der Waals surface area contributed by atoms with E-state index in [2.05, 4.69) is 10.6 Å². The van der Waals surface area contributed by atoms with Gasteiger partial charge in [-0.1, -0.05) is 84.0 Å². The van der Waals surface area contributed by atoms with Crippen LogP contribution in [0, 0.1) is 0 Å². The fourth-order valence-corrected chi connectivity index (χ4v) is 4.27. The van der Waals surface area contributed by atoms with Crippen LogP contribution in [-0.4, -0.2) is 24.7 Å². The smallest absolute Gasteiger partial charge is 0.187 e. The molecule has 0 saturated heterocycles. The third-order valence-electron chi connectivity index (χ3n) is 6.14. The van der Waals surface area contributed by atoms with Gasteiger partial charge < -0.3 is 10.6 Å². The van der Waals surface area contributed by atoms with Crippen molar-refractivity contribution in [2.75, 3.05) is 13.1 Å². The van der Waals surface area contributed by atoms with E-state index in [4.69, 9.17) is 0 Å². The van der Waals surface area contributed by atoms with Crippen LogP contribution in [0.4, 0.5) is 0 Å². The number of hydrogen-bond donors (Lipinski definition) is 2. The van der Waals surface area contributed by atoms with Crippen molar-refractivity contribution in [2.24, 2.45) is 0 Å². The Hall–Kier alpha value is -3.69. The number of carbonyl (C=O) groups excluding carboxylic acids is 2. The van der Waals surface area contributed by atoms with Crippen LogP contribution in [0.25, 0.3) is 11.4 Å². The number of nitrogens with one attached hydrogen (secondary N) is 2. The molecule has 0 fully saturated rings. The average molecular weight is 535 g/mol. The second-order valence-electron chi connectivity index (χ2n) is 9.04. The summed E-state index contributed by atoms with van der Waals surface area (Å²) in [5.41, 5.74) is 7.24. The molecule has 0 saturated carbocycles. The quantitative estimate of drug-likeness (QED) is 0.237. The van der Waals surface area contributed by atoms with Crippen LogP contribution < -0.4 is 10.6 Å². The minimum absolute atomic E-state index is 0. The zero-order valence-corrected chi connectivity index (χ0v) is 22.2. The van der Waals surface area contributed by atoms with E-state index in [-0.39, 0.29) is 28.1 Å². The van der Waals surface area contributed by atoms with E-state index in [1.165, 1.54) is 0 Å². The summed E-state index contributed by atoms with van der Waals surface area (Å²) in [6.07, 6.45) is 12.7. The van der Waals surface area contributed by atoms with Crippen LogP contribution in [0.3, 0.4) is 0 Å². The monoisotopic (exact) mass is 534 g/mol. The molecule has 0 amide bonds. The minimum atomic E-state index is 0. The molecule has 0 aliphatic heterocycles. The van der Waals surface area contributed by atoms with Gasteiger partial charge in [0.25, 0.3) is 0 Å². The van der Waals surface area contributed by atoms with E-state index in [0.717, 1.165) is 59.6 Å². The molecule has 192 valence electrons. The van der Waals surface area contributed by atoms with Gasteiger partial charge in [0.15, 0.2) is 11.6 Å². The largest absolute Gasteiger partial charge is 0.384 e. The summed E-state index contributed by atoms with van der Waals surface area (Å²) < 4.78 is 0. The summed E-state index contributed by atoms with van der Waals surface area (Å²) in [5.74, 6) is 0.0320. The molecule has 0 spiro atoms. The van der Waals surface area contributed by atoms with Crippen molar-refractivity contribution in [1.82, 2.24) is 10.6 Å². The Labute approximate surface area is 229 Å². The Morgan fingerprint density at radius 3 is 1.35 bits per heavy atom. The molecule has 0 radical (unpaired) electrons. The van der Waals surface area contributed by atoms with Gasteiger partial charge in [-0.3, -0.25) is 9.59 Å². The van der Waals surface area contributed by atoms with Gasteiger partial charge in [0.2, 0.25) is 0 Å². The molecule has 37 heavy (non-hydrogen) atoms. The first-order chi connectivity index (χ1) is 17.5. The zero-order chi connectivity index (χ0) is 25.3. The van der Waals surface area contributed by atoms with Crippen molar-refractivity contribution < 1.29 is 26.1 Å². The molecule has 2 aromatic rings. The van der Waals surface area contributed by atoms with Crippen LogP contribution in [-0.2, 0) is 26.1 Å². The molecule has 2 aromatic carbocycles. The van der Waals surface area contributed by atoms with E-state index in [1.807, 2.05) is 98.8 Å². The number of allylic oxidation sites excluding steroid dienone is 10. The molecule has 0 unspecified atom stereocenters. The van der Waals surface area contributed by atoms with Crippen molar-refractivity contribution in [3.8, 4) is 0 Å². The van der Waals surface area contributed by atoms with Crippen LogP contribution in [0.15, 0.2) is 119 Å². The predicted octanol–water partition coefficient (Wildman–Crippen LogP) is 5.94. The molecule has 0 aromatic heterocycles. The summed E-state index contributed by atoms with van der Waals surface area (Å²) >= 11 is 0. The van der Waals surface area contributed by atoms with Crippen LogP contribution in [0.1, 0.15) is 37.8 Å². The fraction of sp³-hybridized carbons (Fsp3) is 0.188. The molecule has 2 N–H and O–H groups in total. The summed E-state index contributed by atoms with van der Waals surface area (Å²) in [4.78, 5) is 25.2. The van der Waals surface area contributed by atoms with Crippen molar-refractivity contribution >= 4 is 23.0 Å². The third kappa shape index (κ3) is 7.41. The van der Waals surface area contributed by atoms with E-state index in [0.29, 0.717) is 11.1 Å². The number of unbranched alkanes of at least 4 members (excludes halogenated alkanes) is 1. The molecule has 0 heterocycles. The van der Waals surface area contributed by atoms with Crippen molar-refractivity contribution in [2.45, 2.75) is 26.7 Å². The van der Waals surface area contributed by atoms with Gasteiger partial charge in [-0.2, -0.15) is 0 Å². The molecule has 2 aliphatic rings. The van der Waals surface area contributed by atoms with Gasteiger partial charge in [0, 0.05) is 40.7 Å². The van der Waals surface area contributed by atoms with Gasteiger partial charge in [-0.15, -0.1) is 0 Å². The maximum atomic E-state index is 12.6. The number of hydrogen-bond acceptors (Lipinski definition) is 4. The maximum absolute atomic E-state index is 12.6. The molecule has 0 bridgehead atoms. The van der Waals surface area contributed by atoms with Gasteiger partial charge in [0.05, 0.1) is 11.4 Å². The van der Waals surface area contributed by atoms with Crippen molar-refractivity contribution in [3.63, 3.8) is 0 Å². The average Bonchev–Trinajstić information content (AvgIpc) is 2.90. The summed E-state index contributed by atoms with van der Waals surface area (Å²) in [7, 11) is 0. The van der Waals surface area contributed by atoms with Crippen LogP contribution >= 0.6 is 0 Å². The minimum Gasteiger partial charge on any atom is -0.384 e. The van der Waals surface area contributed by atoms with Gasteiger partial charge in [0.1, 0.15) is 0 Å². The molecule has 4 rings (SSSR count). The zero-order valence-electron chi connectivity index (χ0n) is 21.2. The topological polar surface area (TPSA) is 58.2 Å². The first-order valence-electron chi connectivity index (χ1n) is 12.4. The Bertz CT molecular complexity index is 1210. The molecular formula is C32H32N2NiO2. The summed E-state index contributed by atoms with van der Waals surface area (Å²) in [5, 5.41) is 7.04. The van der Waals surface area contributed by atoms with E-state index in [1.54, 1.807) is 12.2 Å². The van der Waals surface area contributed by atoms with Crippen molar-refractivity contribution in [1.29, 1.82) is 0 Å². The number of carbonyl (C=O) groups is 2. The standard InChI is InChI=1S/C32H32N2O2.Ni/c1-23-15-17-29(35)27(21-23)31(25-11-5-3-6-12-25)33-19-9-10-20-34-32(26-13-7-4-8-14-26)28-22-24(2)16-18-30(28)36;/h3-8,11-18,21-22,33-34H,9-10,19-20H2,1-2H3;/b31-27-,32-28-;. The number of rotatable bonds is 9. The summed E-state index contributed by atoms with van der Waals surface area (Å²) in [6, 6.07) is 20.0.